The number of benzene rings is 1. The van der Waals surface area contributed by atoms with Crippen LogP contribution in [0.5, 0.6) is 5.75 Å². The molecule has 0 saturated carbocycles. The van der Waals surface area contributed by atoms with Gasteiger partial charge in [-0.15, -0.1) is 0 Å². The lowest BCUT2D eigenvalue weighted by molar-refractivity contribution is 0.421. The van der Waals surface area contributed by atoms with Gasteiger partial charge in [0.25, 0.3) is 0 Å². The molecule has 1 aromatic rings. The fourth-order valence-corrected chi connectivity index (χ4v) is 1.13. The summed E-state index contributed by atoms with van der Waals surface area (Å²) >= 11 is 5.43. The quantitative estimate of drug-likeness (QED) is 0.677. The summed E-state index contributed by atoms with van der Waals surface area (Å²) < 4.78 is 13.0. The van der Waals surface area contributed by atoms with Gasteiger partial charge in [-0.2, -0.15) is 0 Å². The molecule has 0 aliphatic rings. The molecule has 13 heavy (non-hydrogen) atoms. The van der Waals surface area contributed by atoms with Crippen LogP contribution in [0.3, 0.4) is 0 Å². The third-order valence-electron chi connectivity index (χ3n) is 1.75. The highest BCUT2D eigenvalue weighted by Gasteiger charge is 2.15. The SMILES string of the molecule is NCC(N)c1ccc(Cl)c(F)c1O. The molecule has 0 amide bonds. The van der Waals surface area contributed by atoms with Gasteiger partial charge in [-0.1, -0.05) is 17.7 Å². The lowest BCUT2D eigenvalue weighted by Crippen LogP contribution is -2.21. The predicted molar refractivity (Wildman–Crippen MR) is 49.1 cm³/mol. The molecular weight excluding hydrogens is 195 g/mol. The van der Waals surface area contributed by atoms with Gasteiger partial charge in [0, 0.05) is 18.2 Å². The molecule has 0 aromatic heterocycles. The monoisotopic (exact) mass is 204 g/mol. The Balaban J connectivity index is 3.18. The van der Waals surface area contributed by atoms with Gasteiger partial charge in [-0.25, -0.2) is 4.39 Å². The third-order valence-corrected chi connectivity index (χ3v) is 2.05. The van der Waals surface area contributed by atoms with Crippen molar-refractivity contribution in [2.24, 2.45) is 11.5 Å². The van der Waals surface area contributed by atoms with E-state index < -0.39 is 17.6 Å². The van der Waals surface area contributed by atoms with Crippen molar-refractivity contribution in [2.75, 3.05) is 6.54 Å². The molecule has 1 atom stereocenters. The van der Waals surface area contributed by atoms with Gasteiger partial charge in [0.1, 0.15) is 0 Å². The first-order chi connectivity index (χ1) is 6.07. The molecule has 0 bridgehead atoms. The van der Waals surface area contributed by atoms with Crippen LogP contribution in [0.1, 0.15) is 11.6 Å². The van der Waals surface area contributed by atoms with Gasteiger partial charge in [-0.3, -0.25) is 0 Å². The zero-order chi connectivity index (χ0) is 10.0. The Labute approximate surface area is 80.1 Å². The lowest BCUT2D eigenvalue weighted by Gasteiger charge is -2.11. The normalized spacial score (nSPS) is 12.9. The molecule has 1 unspecified atom stereocenters. The fraction of sp³-hybridized carbons (Fsp3) is 0.250. The van der Waals surface area contributed by atoms with Crippen molar-refractivity contribution in [3.8, 4) is 5.75 Å². The van der Waals surface area contributed by atoms with E-state index in [0.29, 0.717) is 0 Å². The molecule has 0 aliphatic carbocycles. The molecule has 1 aromatic carbocycles. The van der Waals surface area contributed by atoms with Crippen molar-refractivity contribution < 1.29 is 9.50 Å². The van der Waals surface area contributed by atoms with Crippen molar-refractivity contribution >= 4 is 11.6 Å². The topological polar surface area (TPSA) is 72.3 Å². The summed E-state index contributed by atoms with van der Waals surface area (Å²) in [6.07, 6.45) is 0. The minimum atomic E-state index is -0.858. The van der Waals surface area contributed by atoms with E-state index in [2.05, 4.69) is 0 Å². The van der Waals surface area contributed by atoms with Crippen LogP contribution in [0, 0.1) is 5.82 Å². The summed E-state index contributed by atoms with van der Waals surface area (Å²) in [4.78, 5) is 0. The van der Waals surface area contributed by atoms with E-state index in [1.54, 1.807) is 0 Å². The third kappa shape index (κ3) is 1.91. The Hall–Kier alpha value is -0.840. The largest absolute Gasteiger partial charge is 0.505 e. The van der Waals surface area contributed by atoms with Crippen LogP contribution >= 0.6 is 11.6 Å². The van der Waals surface area contributed by atoms with E-state index in [1.165, 1.54) is 12.1 Å². The van der Waals surface area contributed by atoms with E-state index in [-0.39, 0.29) is 17.1 Å². The highest BCUT2D eigenvalue weighted by Crippen LogP contribution is 2.30. The number of hydrogen-bond donors (Lipinski definition) is 3. The zero-order valence-corrected chi connectivity index (χ0v) is 7.55. The summed E-state index contributed by atoms with van der Waals surface area (Å²) in [5.74, 6) is -1.38. The van der Waals surface area contributed by atoms with E-state index in [1.807, 2.05) is 0 Å². The van der Waals surface area contributed by atoms with Crippen LogP contribution in [0.15, 0.2) is 12.1 Å². The van der Waals surface area contributed by atoms with Crippen LogP contribution in [0.2, 0.25) is 5.02 Å². The van der Waals surface area contributed by atoms with Gasteiger partial charge < -0.3 is 16.6 Å². The Morgan fingerprint density at radius 1 is 1.54 bits per heavy atom. The molecule has 0 radical (unpaired) electrons. The molecular formula is C8H10ClFN2O. The van der Waals surface area contributed by atoms with E-state index in [4.69, 9.17) is 23.1 Å². The van der Waals surface area contributed by atoms with Crippen molar-refractivity contribution in [2.45, 2.75) is 6.04 Å². The number of halogens is 2. The van der Waals surface area contributed by atoms with Crippen LogP contribution < -0.4 is 11.5 Å². The molecule has 1 rings (SSSR count). The van der Waals surface area contributed by atoms with Crippen LogP contribution in [0.4, 0.5) is 4.39 Å². The molecule has 0 aliphatic heterocycles. The van der Waals surface area contributed by atoms with Crippen molar-refractivity contribution in [3.05, 3.63) is 28.5 Å². The average Bonchev–Trinajstić information content (AvgIpc) is 2.13. The second-order valence-electron chi connectivity index (χ2n) is 2.64. The molecule has 0 saturated heterocycles. The predicted octanol–water partition coefficient (Wildman–Crippen LogP) is 1.14. The molecule has 5 heteroatoms. The minimum absolute atomic E-state index is 0.134. The molecule has 3 nitrogen and oxygen atoms in total. The summed E-state index contributed by atoms with van der Waals surface area (Å²) in [7, 11) is 0. The molecule has 0 fully saturated rings. The smallest absolute Gasteiger partial charge is 0.183 e. The lowest BCUT2D eigenvalue weighted by atomic mass is 10.1. The van der Waals surface area contributed by atoms with Gasteiger partial charge >= 0.3 is 0 Å². The maximum atomic E-state index is 13.0. The Morgan fingerprint density at radius 2 is 2.15 bits per heavy atom. The van der Waals surface area contributed by atoms with Crippen LogP contribution in [-0.4, -0.2) is 11.7 Å². The molecule has 0 heterocycles. The maximum absolute atomic E-state index is 13.0. The zero-order valence-electron chi connectivity index (χ0n) is 6.80. The second-order valence-corrected chi connectivity index (χ2v) is 3.05. The Kier molecular flexibility index (Phi) is 3.08. The number of phenolic OH excluding ortho intramolecular Hbond substituents is 1. The first kappa shape index (κ1) is 10.2. The molecule has 5 N–H and O–H groups in total. The first-order valence-electron chi connectivity index (χ1n) is 3.70. The van der Waals surface area contributed by atoms with Gasteiger partial charge in [-0.05, 0) is 6.07 Å². The first-order valence-corrected chi connectivity index (χ1v) is 4.08. The Morgan fingerprint density at radius 3 is 2.69 bits per heavy atom. The summed E-state index contributed by atoms with van der Waals surface area (Å²) in [6.45, 7) is 0.134. The van der Waals surface area contributed by atoms with Crippen molar-refractivity contribution in [3.63, 3.8) is 0 Å². The molecule has 0 spiro atoms. The van der Waals surface area contributed by atoms with Crippen LogP contribution in [0.25, 0.3) is 0 Å². The maximum Gasteiger partial charge on any atom is 0.183 e. The average molecular weight is 205 g/mol. The summed E-state index contributed by atoms with van der Waals surface area (Å²) in [5, 5.41) is 9.15. The van der Waals surface area contributed by atoms with Gasteiger partial charge in [0.2, 0.25) is 0 Å². The van der Waals surface area contributed by atoms with E-state index in [9.17, 15) is 9.50 Å². The Bertz CT molecular complexity index is 319. The second kappa shape index (κ2) is 3.91. The van der Waals surface area contributed by atoms with Crippen molar-refractivity contribution in [1.82, 2.24) is 0 Å². The number of rotatable bonds is 2. The summed E-state index contributed by atoms with van der Waals surface area (Å²) in [5.41, 5.74) is 11.1. The van der Waals surface area contributed by atoms with Gasteiger partial charge in [0.15, 0.2) is 11.6 Å². The van der Waals surface area contributed by atoms with Crippen molar-refractivity contribution in [1.29, 1.82) is 0 Å². The summed E-state index contributed by atoms with van der Waals surface area (Å²) in [6, 6.07) is 2.21. The minimum Gasteiger partial charge on any atom is -0.505 e. The van der Waals surface area contributed by atoms with E-state index >= 15 is 0 Å². The number of phenols is 1. The number of hydrogen-bond acceptors (Lipinski definition) is 3. The van der Waals surface area contributed by atoms with Gasteiger partial charge in [0.05, 0.1) is 5.02 Å². The highest BCUT2D eigenvalue weighted by atomic mass is 35.5. The highest BCUT2D eigenvalue weighted by molar-refractivity contribution is 6.30. The standard InChI is InChI=1S/C8H10ClFN2O/c9-5-2-1-4(6(12)3-11)8(13)7(5)10/h1-2,6,13H,3,11-12H2. The number of aromatic hydroxyl groups is 1. The fourth-order valence-electron chi connectivity index (χ4n) is 0.981. The van der Waals surface area contributed by atoms with Crippen LogP contribution in [-0.2, 0) is 0 Å². The molecule has 72 valence electrons. The van der Waals surface area contributed by atoms with E-state index in [0.717, 1.165) is 0 Å². The number of nitrogens with two attached hydrogens (primary N) is 2.